The van der Waals surface area contributed by atoms with Crippen LogP contribution >= 0.6 is 11.3 Å². The van der Waals surface area contributed by atoms with Gasteiger partial charge in [-0.3, -0.25) is 9.20 Å². The van der Waals surface area contributed by atoms with Crippen molar-refractivity contribution in [2.45, 2.75) is 39.2 Å². The lowest BCUT2D eigenvalue weighted by atomic mass is 10.2. The maximum Gasteiger partial charge on any atom is 0.220 e. The van der Waals surface area contributed by atoms with Crippen LogP contribution in [-0.2, 0) is 11.2 Å². The lowest BCUT2D eigenvalue weighted by Crippen LogP contribution is -2.32. The Morgan fingerprint density at radius 2 is 2.13 bits per heavy atom. The van der Waals surface area contributed by atoms with Gasteiger partial charge in [-0.2, -0.15) is 0 Å². The molecule has 5 heteroatoms. The SMILES string of the molecule is CCC(C)NC(=O)CCc1csc2nc(-c3ccccc3)cn12. The monoisotopic (exact) mass is 327 g/mol. The van der Waals surface area contributed by atoms with Gasteiger partial charge in [-0.15, -0.1) is 11.3 Å². The van der Waals surface area contributed by atoms with E-state index in [0.717, 1.165) is 34.8 Å². The van der Waals surface area contributed by atoms with Gasteiger partial charge in [0.15, 0.2) is 4.96 Å². The van der Waals surface area contributed by atoms with E-state index in [0.29, 0.717) is 6.42 Å². The standard InChI is InChI=1S/C18H21N3OS/c1-3-13(2)19-17(22)10-9-15-12-23-18-20-16(11-21(15)18)14-7-5-4-6-8-14/h4-8,11-13H,3,9-10H2,1-2H3,(H,19,22). The van der Waals surface area contributed by atoms with Crippen LogP contribution in [0.5, 0.6) is 0 Å². The number of hydrogen-bond donors (Lipinski definition) is 1. The van der Waals surface area contributed by atoms with Crippen LogP contribution in [0, 0.1) is 0 Å². The highest BCUT2D eigenvalue weighted by molar-refractivity contribution is 7.15. The van der Waals surface area contributed by atoms with Gasteiger partial charge in [0.2, 0.25) is 5.91 Å². The summed E-state index contributed by atoms with van der Waals surface area (Å²) in [6.45, 7) is 4.10. The second-order valence-electron chi connectivity index (χ2n) is 5.75. The third-order valence-electron chi connectivity index (χ3n) is 3.98. The number of nitrogens with one attached hydrogen (secondary N) is 1. The summed E-state index contributed by atoms with van der Waals surface area (Å²) in [5.74, 6) is 0.113. The minimum absolute atomic E-state index is 0.113. The van der Waals surface area contributed by atoms with E-state index in [1.54, 1.807) is 11.3 Å². The zero-order valence-corrected chi connectivity index (χ0v) is 14.3. The predicted molar refractivity (Wildman–Crippen MR) is 94.7 cm³/mol. The normalized spacial score (nSPS) is 12.4. The average Bonchev–Trinajstić information content (AvgIpc) is 3.14. The Balaban J connectivity index is 1.72. The number of carbonyl (C=O) groups excluding carboxylic acids is 1. The van der Waals surface area contributed by atoms with Gasteiger partial charge >= 0.3 is 0 Å². The summed E-state index contributed by atoms with van der Waals surface area (Å²) < 4.78 is 2.10. The van der Waals surface area contributed by atoms with Crippen LogP contribution in [0.15, 0.2) is 41.9 Å². The third kappa shape index (κ3) is 3.62. The minimum atomic E-state index is 0.113. The fourth-order valence-electron chi connectivity index (χ4n) is 2.45. The van der Waals surface area contributed by atoms with Crippen molar-refractivity contribution in [1.29, 1.82) is 0 Å². The molecule has 1 atom stereocenters. The molecule has 23 heavy (non-hydrogen) atoms. The molecule has 1 aromatic carbocycles. The number of carbonyl (C=O) groups is 1. The molecule has 1 amide bonds. The van der Waals surface area contributed by atoms with Crippen LogP contribution < -0.4 is 5.32 Å². The Morgan fingerprint density at radius 3 is 2.87 bits per heavy atom. The largest absolute Gasteiger partial charge is 0.354 e. The molecule has 0 aliphatic rings. The Morgan fingerprint density at radius 1 is 1.35 bits per heavy atom. The lowest BCUT2D eigenvalue weighted by molar-refractivity contribution is -0.121. The molecule has 0 saturated carbocycles. The molecule has 0 radical (unpaired) electrons. The number of fused-ring (bicyclic) bond motifs is 1. The van der Waals surface area contributed by atoms with Gasteiger partial charge in [0, 0.05) is 35.3 Å². The van der Waals surface area contributed by atoms with Gasteiger partial charge in [0.05, 0.1) is 5.69 Å². The Labute approximate surface area is 140 Å². The van der Waals surface area contributed by atoms with Gasteiger partial charge in [-0.25, -0.2) is 4.98 Å². The molecule has 1 N–H and O–H groups in total. The Hall–Kier alpha value is -2.14. The van der Waals surface area contributed by atoms with Crippen LogP contribution in [0.4, 0.5) is 0 Å². The molecule has 0 aliphatic carbocycles. The molecule has 3 rings (SSSR count). The summed E-state index contributed by atoms with van der Waals surface area (Å²) in [5, 5.41) is 5.10. The molecule has 0 spiro atoms. The number of aryl methyl sites for hydroxylation is 1. The van der Waals surface area contributed by atoms with E-state index in [1.165, 1.54) is 0 Å². The number of rotatable bonds is 6. The zero-order chi connectivity index (χ0) is 16.2. The second-order valence-corrected chi connectivity index (χ2v) is 6.59. The lowest BCUT2D eigenvalue weighted by Gasteiger charge is -2.10. The molecule has 0 fully saturated rings. The molecule has 1 unspecified atom stereocenters. The fraction of sp³-hybridized carbons (Fsp3) is 0.333. The number of imidazole rings is 1. The van der Waals surface area contributed by atoms with E-state index in [9.17, 15) is 4.79 Å². The first kappa shape index (κ1) is 15.7. The summed E-state index contributed by atoms with van der Waals surface area (Å²) in [6, 6.07) is 10.4. The maximum atomic E-state index is 11.9. The van der Waals surface area contributed by atoms with Gasteiger partial charge in [0.25, 0.3) is 0 Å². The highest BCUT2D eigenvalue weighted by Crippen LogP contribution is 2.24. The number of aromatic nitrogens is 2. The molecule has 2 heterocycles. The summed E-state index contributed by atoms with van der Waals surface area (Å²) in [7, 11) is 0. The number of amides is 1. The minimum Gasteiger partial charge on any atom is -0.354 e. The van der Waals surface area contributed by atoms with Crippen molar-refractivity contribution in [2.24, 2.45) is 0 Å². The number of benzene rings is 1. The van der Waals surface area contributed by atoms with Crippen LogP contribution in [0.25, 0.3) is 16.2 Å². The zero-order valence-electron chi connectivity index (χ0n) is 13.5. The van der Waals surface area contributed by atoms with Crippen molar-refractivity contribution < 1.29 is 4.79 Å². The van der Waals surface area contributed by atoms with Crippen molar-refractivity contribution in [1.82, 2.24) is 14.7 Å². The summed E-state index contributed by atoms with van der Waals surface area (Å²) in [5.41, 5.74) is 3.23. The van der Waals surface area contributed by atoms with Gasteiger partial charge in [0.1, 0.15) is 0 Å². The Bertz CT molecular complexity index is 791. The number of nitrogens with zero attached hydrogens (tertiary/aromatic N) is 2. The topological polar surface area (TPSA) is 46.4 Å². The van der Waals surface area contributed by atoms with E-state index in [4.69, 9.17) is 0 Å². The highest BCUT2D eigenvalue weighted by atomic mass is 32.1. The smallest absolute Gasteiger partial charge is 0.220 e. The number of hydrogen-bond acceptors (Lipinski definition) is 3. The maximum absolute atomic E-state index is 11.9. The molecular formula is C18H21N3OS. The first-order chi connectivity index (χ1) is 11.2. The molecule has 4 nitrogen and oxygen atoms in total. The van der Waals surface area contributed by atoms with E-state index in [1.807, 2.05) is 25.1 Å². The molecule has 3 aromatic rings. The van der Waals surface area contributed by atoms with Crippen LogP contribution in [0.2, 0.25) is 0 Å². The van der Waals surface area contributed by atoms with Crippen molar-refractivity contribution in [3.63, 3.8) is 0 Å². The van der Waals surface area contributed by atoms with Crippen molar-refractivity contribution in [2.75, 3.05) is 0 Å². The molecule has 2 aromatic heterocycles. The van der Waals surface area contributed by atoms with Crippen molar-refractivity contribution in [3.8, 4) is 11.3 Å². The predicted octanol–water partition coefficient (Wildman–Crippen LogP) is 3.91. The first-order valence-corrected chi connectivity index (χ1v) is 8.85. The van der Waals surface area contributed by atoms with Gasteiger partial charge in [-0.05, 0) is 19.8 Å². The van der Waals surface area contributed by atoms with Crippen LogP contribution in [0.1, 0.15) is 32.4 Å². The summed E-state index contributed by atoms with van der Waals surface area (Å²) in [6.07, 6.45) is 4.25. The third-order valence-corrected chi connectivity index (χ3v) is 4.87. The number of thiazole rings is 1. The molecular weight excluding hydrogens is 306 g/mol. The van der Waals surface area contributed by atoms with Gasteiger partial charge in [-0.1, -0.05) is 37.3 Å². The quantitative estimate of drug-likeness (QED) is 0.746. The van der Waals surface area contributed by atoms with E-state index in [-0.39, 0.29) is 11.9 Å². The Kier molecular flexibility index (Phi) is 4.76. The first-order valence-electron chi connectivity index (χ1n) is 7.97. The van der Waals surface area contributed by atoms with Crippen molar-refractivity contribution in [3.05, 3.63) is 47.6 Å². The summed E-state index contributed by atoms with van der Waals surface area (Å²) >= 11 is 1.62. The molecule has 0 bridgehead atoms. The highest BCUT2D eigenvalue weighted by Gasteiger charge is 2.11. The molecule has 0 aliphatic heterocycles. The van der Waals surface area contributed by atoms with E-state index in [2.05, 4.69) is 45.3 Å². The fourth-order valence-corrected chi connectivity index (χ4v) is 3.36. The van der Waals surface area contributed by atoms with Crippen molar-refractivity contribution >= 4 is 22.2 Å². The average molecular weight is 327 g/mol. The van der Waals surface area contributed by atoms with E-state index >= 15 is 0 Å². The van der Waals surface area contributed by atoms with Crippen LogP contribution in [0.3, 0.4) is 0 Å². The van der Waals surface area contributed by atoms with E-state index < -0.39 is 0 Å². The molecule has 0 saturated heterocycles. The molecule has 120 valence electrons. The second kappa shape index (κ2) is 6.96. The van der Waals surface area contributed by atoms with Gasteiger partial charge < -0.3 is 5.32 Å². The summed E-state index contributed by atoms with van der Waals surface area (Å²) in [4.78, 5) is 17.6. The van der Waals surface area contributed by atoms with Crippen LogP contribution in [-0.4, -0.2) is 21.3 Å².